The van der Waals surface area contributed by atoms with Gasteiger partial charge in [-0.1, -0.05) is 30.3 Å². The molecule has 110 valence electrons. The number of ether oxygens (including phenoxy) is 1. The number of rotatable bonds is 6. The van der Waals surface area contributed by atoms with Gasteiger partial charge in [0.2, 0.25) is 5.91 Å². The van der Waals surface area contributed by atoms with Crippen LogP contribution in [0.25, 0.3) is 0 Å². The Kier molecular flexibility index (Phi) is 4.72. The van der Waals surface area contributed by atoms with Crippen molar-refractivity contribution in [1.29, 1.82) is 0 Å². The smallest absolute Gasteiger partial charge is 0.307 e. The van der Waals surface area contributed by atoms with Gasteiger partial charge >= 0.3 is 10.2 Å². The highest BCUT2D eigenvalue weighted by Crippen LogP contribution is 2.19. The average molecular weight is 301 g/mol. The van der Waals surface area contributed by atoms with Crippen LogP contribution in [-0.2, 0) is 26.4 Å². The lowest BCUT2D eigenvalue weighted by Crippen LogP contribution is -2.30. The molecular formula is C13H16FNO4S. The number of hydrogen-bond donors (Lipinski definition) is 0. The van der Waals surface area contributed by atoms with Crippen LogP contribution in [0, 0.1) is 0 Å². The van der Waals surface area contributed by atoms with E-state index in [1.165, 1.54) is 4.90 Å². The minimum atomic E-state index is -4.65. The maximum Gasteiger partial charge on any atom is 0.307 e. The molecular weight excluding hydrogens is 285 g/mol. The molecule has 0 bridgehead atoms. The number of hydrogen-bond acceptors (Lipinski definition) is 4. The molecule has 1 aromatic carbocycles. The number of carbonyl (C=O) groups excluding carboxylic acids is 1. The molecule has 1 atom stereocenters. The van der Waals surface area contributed by atoms with E-state index in [4.69, 9.17) is 4.74 Å². The third-order valence-corrected chi connectivity index (χ3v) is 4.31. The molecule has 0 saturated carbocycles. The molecule has 1 aliphatic rings. The van der Waals surface area contributed by atoms with Gasteiger partial charge in [0, 0.05) is 19.5 Å². The van der Waals surface area contributed by atoms with E-state index in [-0.39, 0.29) is 25.4 Å². The van der Waals surface area contributed by atoms with Gasteiger partial charge in [-0.15, -0.1) is 3.89 Å². The third-order valence-electron chi connectivity index (χ3n) is 3.19. The van der Waals surface area contributed by atoms with Crippen LogP contribution in [0.5, 0.6) is 0 Å². The average Bonchev–Trinajstić information content (AvgIpc) is 2.77. The number of halogens is 1. The predicted molar refractivity (Wildman–Crippen MR) is 71.1 cm³/mol. The van der Waals surface area contributed by atoms with Crippen LogP contribution in [0.15, 0.2) is 30.3 Å². The molecule has 1 fully saturated rings. The van der Waals surface area contributed by atoms with Crippen molar-refractivity contribution in [3.05, 3.63) is 35.9 Å². The zero-order valence-electron chi connectivity index (χ0n) is 10.9. The van der Waals surface area contributed by atoms with Crippen LogP contribution in [-0.4, -0.2) is 44.2 Å². The van der Waals surface area contributed by atoms with Gasteiger partial charge in [0.25, 0.3) is 0 Å². The highest BCUT2D eigenvalue weighted by molar-refractivity contribution is 7.87. The maximum atomic E-state index is 12.8. The SMILES string of the molecule is O=C1CC(S(=O)(=O)F)CN1CCOCc1ccccc1. The van der Waals surface area contributed by atoms with Crippen LogP contribution in [0.4, 0.5) is 3.89 Å². The van der Waals surface area contributed by atoms with Crippen molar-refractivity contribution in [1.82, 2.24) is 4.90 Å². The van der Waals surface area contributed by atoms with Gasteiger partial charge in [-0.3, -0.25) is 4.79 Å². The summed E-state index contributed by atoms with van der Waals surface area (Å²) >= 11 is 0. The Labute approximate surface area is 117 Å². The largest absolute Gasteiger partial charge is 0.375 e. The third kappa shape index (κ3) is 4.01. The monoisotopic (exact) mass is 301 g/mol. The summed E-state index contributed by atoms with van der Waals surface area (Å²) in [6, 6.07) is 9.56. The second-order valence-corrected chi connectivity index (χ2v) is 6.30. The van der Waals surface area contributed by atoms with Crippen molar-refractivity contribution in [2.75, 3.05) is 19.7 Å². The first-order chi connectivity index (χ1) is 9.47. The molecule has 1 unspecified atom stereocenters. The van der Waals surface area contributed by atoms with E-state index >= 15 is 0 Å². The van der Waals surface area contributed by atoms with E-state index in [1.807, 2.05) is 30.3 Å². The summed E-state index contributed by atoms with van der Waals surface area (Å²) in [5, 5.41) is -1.23. The minimum absolute atomic E-state index is 0.0909. The summed E-state index contributed by atoms with van der Waals surface area (Å²) in [5.41, 5.74) is 1.02. The first-order valence-electron chi connectivity index (χ1n) is 6.30. The number of likely N-dealkylation sites (tertiary alicyclic amines) is 1. The molecule has 0 spiro atoms. The van der Waals surface area contributed by atoms with Crippen molar-refractivity contribution in [2.24, 2.45) is 0 Å². The Bertz CT molecular complexity index is 561. The predicted octanol–water partition coefficient (Wildman–Crippen LogP) is 1.10. The van der Waals surface area contributed by atoms with Gasteiger partial charge in [0.15, 0.2) is 0 Å². The molecule has 1 amide bonds. The molecule has 0 N–H and O–H groups in total. The van der Waals surface area contributed by atoms with Crippen LogP contribution in [0.1, 0.15) is 12.0 Å². The Morgan fingerprint density at radius 1 is 1.30 bits per heavy atom. The lowest BCUT2D eigenvalue weighted by molar-refractivity contribution is -0.128. The number of amides is 1. The van der Waals surface area contributed by atoms with Gasteiger partial charge in [-0.05, 0) is 5.56 Å². The van der Waals surface area contributed by atoms with E-state index in [1.54, 1.807) is 0 Å². The van der Waals surface area contributed by atoms with E-state index in [9.17, 15) is 17.1 Å². The summed E-state index contributed by atoms with van der Waals surface area (Å²) in [5.74, 6) is -0.348. The van der Waals surface area contributed by atoms with E-state index in [0.717, 1.165) is 5.56 Å². The molecule has 1 heterocycles. The molecule has 0 aliphatic carbocycles. The van der Waals surface area contributed by atoms with Crippen LogP contribution < -0.4 is 0 Å². The molecule has 1 aliphatic heterocycles. The fourth-order valence-electron chi connectivity index (χ4n) is 2.08. The first kappa shape index (κ1) is 14.9. The van der Waals surface area contributed by atoms with Gasteiger partial charge in [-0.25, -0.2) is 0 Å². The fraction of sp³-hybridized carbons (Fsp3) is 0.462. The Balaban J connectivity index is 1.74. The zero-order valence-corrected chi connectivity index (χ0v) is 11.7. The van der Waals surface area contributed by atoms with Gasteiger partial charge < -0.3 is 9.64 Å². The Hall–Kier alpha value is -1.47. The van der Waals surface area contributed by atoms with Crippen LogP contribution in [0.2, 0.25) is 0 Å². The lowest BCUT2D eigenvalue weighted by atomic mass is 10.2. The molecule has 2 rings (SSSR count). The van der Waals surface area contributed by atoms with Crippen molar-refractivity contribution in [3.63, 3.8) is 0 Å². The normalized spacial score (nSPS) is 19.6. The Morgan fingerprint density at radius 3 is 2.60 bits per heavy atom. The van der Waals surface area contributed by atoms with E-state index in [2.05, 4.69) is 0 Å². The van der Waals surface area contributed by atoms with Crippen LogP contribution in [0.3, 0.4) is 0 Å². The second kappa shape index (κ2) is 6.32. The zero-order chi connectivity index (χ0) is 14.6. The lowest BCUT2D eigenvalue weighted by Gasteiger charge is -2.15. The summed E-state index contributed by atoms with van der Waals surface area (Å²) in [6.45, 7) is 0.900. The highest BCUT2D eigenvalue weighted by atomic mass is 32.3. The summed E-state index contributed by atoms with van der Waals surface area (Å²) in [6.07, 6.45) is -0.280. The first-order valence-corrected chi connectivity index (χ1v) is 7.74. The fourth-order valence-corrected chi connectivity index (χ4v) is 2.78. The quantitative estimate of drug-likeness (QED) is 0.583. The summed E-state index contributed by atoms with van der Waals surface area (Å²) in [4.78, 5) is 12.9. The highest BCUT2D eigenvalue weighted by Gasteiger charge is 2.37. The standard InChI is InChI=1S/C13H16FNO4S/c14-20(17,18)12-8-13(16)15(9-12)6-7-19-10-11-4-2-1-3-5-11/h1-5,12H,6-10H2. The number of carbonyl (C=O) groups is 1. The molecule has 0 radical (unpaired) electrons. The minimum Gasteiger partial charge on any atom is -0.375 e. The van der Waals surface area contributed by atoms with Crippen LogP contribution >= 0.6 is 0 Å². The molecule has 0 aromatic heterocycles. The van der Waals surface area contributed by atoms with Gasteiger partial charge in [0.1, 0.15) is 5.25 Å². The van der Waals surface area contributed by atoms with Gasteiger partial charge in [0.05, 0.1) is 13.2 Å². The molecule has 1 saturated heterocycles. The van der Waals surface area contributed by atoms with E-state index in [0.29, 0.717) is 13.2 Å². The number of nitrogens with zero attached hydrogens (tertiary/aromatic N) is 1. The number of benzene rings is 1. The van der Waals surface area contributed by atoms with Crippen molar-refractivity contribution in [2.45, 2.75) is 18.3 Å². The van der Waals surface area contributed by atoms with Crippen molar-refractivity contribution < 1.29 is 21.8 Å². The molecule has 1 aromatic rings. The summed E-state index contributed by atoms with van der Waals surface area (Å²) in [7, 11) is -4.65. The van der Waals surface area contributed by atoms with Gasteiger partial charge in [-0.2, -0.15) is 8.42 Å². The second-order valence-electron chi connectivity index (χ2n) is 4.68. The molecule has 7 heteroatoms. The summed E-state index contributed by atoms with van der Waals surface area (Å²) < 4.78 is 39.8. The maximum absolute atomic E-state index is 12.8. The van der Waals surface area contributed by atoms with Crippen molar-refractivity contribution in [3.8, 4) is 0 Å². The topological polar surface area (TPSA) is 63.7 Å². The molecule has 20 heavy (non-hydrogen) atoms. The Morgan fingerprint density at radius 2 is 2.00 bits per heavy atom. The van der Waals surface area contributed by atoms with E-state index < -0.39 is 15.5 Å². The molecule has 5 nitrogen and oxygen atoms in total. The van der Waals surface area contributed by atoms with Crippen molar-refractivity contribution >= 4 is 16.1 Å².